The van der Waals surface area contributed by atoms with Gasteiger partial charge in [0.15, 0.2) is 0 Å². The lowest BCUT2D eigenvalue weighted by Gasteiger charge is -2.35. The van der Waals surface area contributed by atoms with Crippen molar-refractivity contribution < 1.29 is 38.2 Å². The van der Waals surface area contributed by atoms with Gasteiger partial charge in [0, 0.05) is 32.7 Å². The van der Waals surface area contributed by atoms with Gasteiger partial charge in [-0.25, -0.2) is 4.79 Å². The average Bonchev–Trinajstić information content (AvgIpc) is 3.58. The fourth-order valence-corrected chi connectivity index (χ4v) is 6.81. The van der Waals surface area contributed by atoms with Crippen LogP contribution < -0.4 is 26.0 Å². The number of aryl methyl sites for hydroxylation is 2. The molecule has 0 aromatic heterocycles. The number of rotatable bonds is 6. The van der Waals surface area contributed by atoms with Gasteiger partial charge in [-0.1, -0.05) is 36.4 Å². The lowest BCUT2D eigenvalue weighted by Crippen LogP contribution is -2.64. The van der Waals surface area contributed by atoms with Crippen LogP contribution >= 0.6 is 0 Å². The number of piperidine rings is 1. The number of amides is 5. The average molecular weight is 720 g/mol. The molecule has 282 valence electrons. The molecule has 5 rings (SSSR count). The van der Waals surface area contributed by atoms with Crippen molar-refractivity contribution in [2.75, 3.05) is 32.9 Å². The van der Waals surface area contributed by atoms with Crippen LogP contribution in [0.3, 0.4) is 0 Å². The highest BCUT2D eigenvalue weighted by atomic mass is 16.6. The van der Waals surface area contributed by atoms with Crippen molar-refractivity contribution in [1.82, 2.24) is 26.2 Å². The molecule has 13 nitrogen and oxygen atoms in total. The van der Waals surface area contributed by atoms with Gasteiger partial charge in [-0.15, -0.1) is 0 Å². The van der Waals surface area contributed by atoms with Crippen LogP contribution in [0.25, 0.3) is 0 Å². The highest BCUT2D eigenvalue weighted by molar-refractivity contribution is 5.98. The minimum atomic E-state index is -1.52. The summed E-state index contributed by atoms with van der Waals surface area (Å²) in [5, 5.41) is 11.3. The molecule has 3 aliphatic rings. The monoisotopic (exact) mass is 719 g/mol. The van der Waals surface area contributed by atoms with Gasteiger partial charge in [-0.05, 0) is 94.5 Å². The Morgan fingerprint density at radius 1 is 1.04 bits per heavy atom. The Bertz CT molecular complexity index is 1590. The van der Waals surface area contributed by atoms with Gasteiger partial charge in [-0.2, -0.15) is 0 Å². The van der Waals surface area contributed by atoms with Crippen LogP contribution in [0.4, 0.5) is 4.79 Å². The molecule has 0 radical (unpaired) electrons. The lowest BCUT2D eigenvalue weighted by molar-refractivity contribution is -0.139. The van der Waals surface area contributed by atoms with Crippen molar-refractivity contribution in [2.24, 2.45) is 5.92 Å². The summed E-state index contributed by atoms with van der Waals surface area (Å²) >= 11 is 0. The molecule has 2 fully saturated rings. The summed E-state index contributed by atoms with van der Waals surface area (Å²) in [7, 11) is 0. The predicted octanol–water partition coefficient (Wildman–Crippen LogP) is 3.31. The van der Waals surface area contributed by atoms with Gasteiger partial charge in [0.1, 0.15) is 29.0 Å². The molecule has 2 aromatic rings. The zero-order valence-electron chi connectivity index (χ0n) is 30.8. The first-order valence-electron chi connectivity index (χ1n) is 18.3. The summed E-state index contributed by atoms with van der Waals surface area (Å²) < 4.78 is 17.1. The van der Waals surface area contributed by atoms with Crippen LogP contribution in [0.5, 0.6) is 5.75 Å². The van der Waals surface area contributed by atoms with Crippen molar-refractivity contribution in [3.05, 3.63) is 65.2 Å². The smallest absolute Gasteiger partial charge is 0.408 e. The quantitative estimate of drug-likeness (QED) is 0.354. The van der Waals surface area contributed by atoms with Gasteiger partial charge in [0.05, 0.1) is 19.6 Å². The van der Waals surface area contributed by atoms with Crippen LogP contribution in [0, 0.1) is 12.8 Å². The third kappa shape index (κ3) is 10.7. The first kappa shape index (κ1) is 38.6. The molecule has 4 N–H and O–H groups in total. The van der Waals surface area contributed by atoms with Gasteiger partial charge in [0.2, 0.25) is 23.6 Å². The molecule has 0 saturated carbocycles. The zero-order valence-corrected chi connectivity index (χ0v) is 30.8. The Hall–Kier alpha value is -4.65. The lowest BCUT2D eigenvalue weighted by atomic mass is 9.94. The minimum absolute atomic E-state index is 0.138. The number of nitrogens with one attached hydrogen (secondary N) is 4. The zero-order chi connectivity index (χ0) is 37.3. The van der Waals surface area contributed by atoms with Crippen molar-refractivity contribution >= 4 is 29.7 Å². The molecule has 5 amide bonds. The number of hydrogen-bond donors (Lipinski definition) is 4. The molecule has 0 aliphatic carbocycles. The van der Waals surface area contributed by atoms with E-state index in [4.69, 9.17) is 14.2 Å². The van der Waals surface area contributed by atoms with E-state index in [0.717, 1.165) is 36.0 Å². The van der Waals surface area contributed by atoms with Gasteiger partial charge in [-0.3, -0.25) is 19.2 Å². The summed E-state index contributed by atoms with van der Waals surface area (Å²) in [6.45, 7) is 8.88. The molecule has 0 spiro atoms. The van der Waals surface area contributed by atoms with E-state index < -0.39 is 47.0 Å². The number of hydrogen-bond acceptors (Lipinski definition) is 8. The normalized spacial score (nSPS) is 24.7. The molecule has 3 aliphatic heterocycles. The topological polar surface area (TPSA) is 164 Å². The maximum atomic E-state index is 14.2. The molecule has 2 aromatic carbocycles. The number of fused-ring (bicyclic) bond motifs is 4. The molecular weight excluding hydrogens is 666 g/mol. The van der Waals surface area contributed by atoms with E-state index in [1.165, 1.54) is 0 Å². The number of benzene rings is 2. The largest absolute Gasteiger partial charge is 0.494 e. The highest BCUT2D eigenvalue weighted by Gasteiger charge is 2.46. The molecule has 3 heterocycles. The summed E-state index contributed by atoms with van der Waals surface area (Å²) in [5.41, 5.74) is 0.525. The van der Waals surface area contributed by atoms with Crippen molar-refractivity contribution in [1.29, 1.82) is 0 Å². The van der Waals surface area contributed by atoms with Crippen LogP contribution in [0.2, 0.25) is 0 Å². The van der Waals surface area contributed by atoms with Gasteiger partial charge >= 0.3 is 6.09 Å². The number of alkyl carbamates (subject to hydrolysis) is 1. The summed E-state index contributed by atoms with van der Waals surface area (Å²) in [5.74, 6) is -1.14. The van der Waals surface area contributed by atoms with Crippen LogP contribution in [0.15, 0.2) is 48.5 Å². The first-order valence-corrected chi connectivity index (χ1v) is 18.3. The summed E-state index contributed by atoms with van der Waals surface area (Å²) in [6.07, 6.45) is 2.25. The predicted molar refractivity (Wildman–Crippen MR) is 193 cm³/mol. The van der Waals surface area contributed by atoms with Crippen LogP contribution in [-0.4, -0.2) is 90.8 Å². The summed E-state index contributed by atoms with van der Waals surface area (Å²) in [4.78, 5) is 70.5. The number of carbonyl (C=O) groups excluding carboxylic acids is 5. The Balaban J connectivity index is 1.43. The molecular formula is C39H53N5O8. The second kappa shape index (κ2) is 17.2. The minimum Gasteiger partial charge on any atom is -0.494 e. The first-order chi connectivity index (χ1) is 24.8. The van der Waals surface area contributed by atoms with E-state index in [2.05, 4.69) is 21.3 Å². The fourth-order valence-electron chi connectivity index (χ4n) is 6.81. The number of ether oxygens (including phenoxy) is 3. The standard InChI is InChI=1S/C39H53N5O8/c1-26-12-14-30-21-29(26)23-40-34(46)31(15-13-27-9-6-5-7-10-27)41-35(47)32(22-33(45)44-18-8-11-28(24-44)16-19-51-30)42-36(48)39(17-20-50-25-39)43-37(49)52-38(2,3)4/h5-7,9-10,12,14,21,28,31-32H,8,11,13,15-20,22-25H2,1-4H3,(H,40,46)(H,41,47)(H,42,48)(H,43,49)/t28?,31-,32-,39?/m0/s1. The molecule has 2 unspecified atom stereocenters. The van der Waals surface area contributed by atoms with Gasteiger partial charge in [0.25, 0.3) is 0 Å². The second-order valence-corrected chi connectivity index (χ2v) is 15.1. The van der Waals surface area contributed by atoms with E-state index in [0.29, 0.717) is 31.9 Å². The SMILES string of the molecule is Cc1ccc2cc1CNC(=O)[C@H](CCc1ccccc1)NC(=O)[C@@H](NC(=O)C1(NC(=O)OC(C)(C)C)CCOC1)CC(=O)N1CCCC(CCO2)C1. The maximum Gasteiger partial charge on any atom is 0.408 e. The van der Waals surface area contributed by atoms with E-state index in [9.17, 15) is 24.0 Å². The number of nitrogens with zero attached hydrogens (tertiary/aromatic N) is 1. The van der Waals surface area contributed by atoms with Crippen LogP contribution in [0.1, 0.15) is 76.0 Å². The van der Waals surface area contributed by atoms with Crippen molar-refractivity contribution in [3.63, 3.8) is 0 Å². The number of carbonyl (C=O) groups is 5. The molecule has 4 bridgehead atoms. The van der Waals surface area contributed by atoms with Crippen molar-refractivity contribution in [3.8, 4) is 5.75 Å². The third-order valence-corrected chi connectivity index (χ3v) is 9.83. The van der Waals surface area contributed by atoms with E-state index in [1.807, 2.05) is 55.5 Å². The van der Waals surface area contributed by atoms with Crippen molar-refractivity contribution in [2.45, 2.75) is 102 Å². The second-order valence-electron chi connectivity index (χ2n) is 15.1. The Labute approximate surface area is 305 Å². The molecule has 13 heteroatoms. The maximum absolute atomic E-state index is 14.2. The molecule has 2 saturated heterocycles. The summed E-state index contributed by atoms with van der Waals surface area (Å²) in [6, 6.07) is 13.1. The Morgan fingerprint density at radius 2 is 1.83 bits per heavy atom. The third-order valence-electron chi connectivity index (χ3n) is 9.83. The Kier molecular flexibility index (Phi) is 12.8. The van der Waals surface area contributed by atoms with Gasteiger partial charge < -0.3 is 40.4 Å². The van der Waals surface area contributed by atoms with Crippen LogP contribution in [-0.2, 0) is 41.6 Å². The highest BCUT2D eigenvalue weighted by Crippen LogP contribution is 2.24. The molecule has 52 heavy (non-hydrogen) atoms. The van der Waals surface area contributed by atoms with E-state index in [-0.39, 0.29) is 50.8 Å². The van der Waals surface area contributed by atoms with E-state index >= 15 is 0 Å². The molecule has 4 atom stereocenters. The Morgan fingerprint density at radius 3 is 2.56 bits per heavy atom. The van der Waals surface area contributed by atoms with E-state index in [1.54, 1.807) is 25.7 Å². The fraction of sp³-hybridized carbons (Fsp3) is 0.564.